The first-order valence-electron chi connectivity index (χ1n) is 24.5. The van der Waals surface area contributed by atoms with E-state index >= 15 is 0 Å². The Kier molecular flexibility index (Phi) is 47.4. The number of ether oxygens (including phenoxy) is 3. The highest BCUT2D eigenvalue weighted by atomic mass is 16.6. The third kappa shape index (κ3) is 49.3. The van der Waals surface area contributed by atoms with Crippen LogP contribution in [0.5, 0.6) is 0 Å². The van der Waals surface area contributed by atoms with Gasteiger partial charge in [0.15, 0.2) is 6.10 Å². The highest BCUT2D eigenvalue weighted by Gasteiger charge is 2.19. The van der Waals surface area contributed by atoms with Crippen molar-refractivity contribution in [3.8, 4) is 0 Å². The van der Waals surface area contributed by atoms with Gasteiger partial charge in [0.1, 0.15) is 13.2 Å². The van der Waals surface area contributed by atoms with Gasteiger partial charge in [0.25, 0.3) is 0 Å². The predicted molar refractivity (Wildman–Crippen MR) is 283 cm³/mol. The minimum absolute atomic E-state index is 0.162. The summed E-state index contributed by atoms with van der Waals surface area (Å²) in [6.45, 7) is 6.02. The van der Waals surface area contributed by atoms with E-state index in [2.05, 4.69) is 136 Å². The fraction of sp³-hybridized carbons (Fsp3) is 0.417. The Hall–Kier alpha value is -5.75. The number of allylic oxidation sites excluding steroid dienone is 32. The highest BCUT2D eigenvalue weighted by molar-refractivity contribution is 5.71. The van der Waals surface area contributed by atoms with Crippen LogP contribution < -0.4 is 0 Å². The molecule has 0 aromatic carbocycles. The Bertz CT molecular complexity index is 1690. The van der Waals surface area contributed by atoms with Crippen molar-refractivity contribution in [1.29, 1.82) is 0 Å². The summed E-state index contributed by atoms with van der Waals surface area (Å²) in [4.78, 5) is 37.8. The van der Waals surface area contributed by atoms with E-state index in [1.807, 2.05) is 79.0 Å². The van der Waals surface area contributed by atoms with Gasteiger partial charge in [0, 0.05) is 19.3 Å². The molecule has 1 unspecified atom stereocenters. The molecule has 0 aliphatic rings. The Morgan fingerprint density at radius 3 is 1.00 bits per heavy atom. The average molecular weight is 901 g/mol. The van der Waals surface area contributed by atoms with Gasteiger partial charge < -0.3 is 14.2 Å². The van der Waals surface area contributed by atoms with Gasteiger partial charge in [-0.3, -0.25) is 14.4 Å². The van der Waals surface area contributed by atoms with Crippen molar-refractivity contribution in [2.24, 2.45) is 0 Å². The number of hydrogen-bond donors (Lipinski definition) is 0. The van der Waals surface area contributed by atoms with Gasteiger partial charge in [0.2, 0.25) is 0 Å². The number of rotatable bonds is 40. The lowest BCUT2D eigenvalue weighted by Gasteiger charge is -2.18. The molecule has 0 fully saturated rings. The van der Waals surface area contributed by atoms with Gasteiger partial charge in [-0.2, -0.15) is 0 Å². The van der Waals surface area contributed by atoms with Gasteiger partial charge in [-0.15, -0.1) is 0 Å². The van der Waals surface area contributed by atoms with E-state index in [0.717, 1.165) is 77.0 Å². The van der Waals surface area contributed by atoms with Crippen LogP contribution in [-0.4, -0.2) is 37.2 Å². The van der Waals surface area contributed by atoms with E-state index in [1.54, 1.807) is 0 Å². The molecule has 0 aliphatic carbocycles. The van der Waals surface area contributed by atoms with Crippen molar-refractivity contribution in [2.75, 3.05) is 13.2 Å². The maximum Gasteiger partial charge on any atom is 0.306 e. The second-order valence-electron chi connectivity index (χ2n) is 15.0. The zero-order chi connectivity index (χ0) is 47.9. The number of esters is 3. The standard InChI is InChI=1S/C60H84O6/c1-4-7-10-13-16-19-22-25-27-29-30-31-33-35-38-41-44-47-50-53-59(62)65-56-57(55-64-58(61)52-49-46-43-40-37-34-24-21-18-15-12-9-6-3)66-60(63)54-51-48-45-42-39-36-32-28-26-23-20-17-14-11-8-5-2/h7-12,15-21,24-28,30-31,34-40,43-45,47-48,57H,4-6,13-14,22-23,29,32-33,41-42,46,49-56H2,1-3H3/b10-7-,11-8-,12-9-,18-15-,19-16-,20-17-,24-21-,27-25-,28-26-,31-30-,37-34-,38-35-,39-36-,43-40-,47-44-,48-45-. The summed E-state index contributed by atoms with van der Waals surface area (Å²) in [6.07, 6.45) is 80.2. The zero-order valence-corrected chi connectivity index (χ0v) is 40.9. The second kappa shape index (κ2) is 51.9. The number of hydrogen-bond acceptors (Lipinski definition) is 6. The lowest BCUT2D eigenvalue weighted by Crippen LogP contribution is -2.30. The fourth-order valence-corrected chi connectivity index (χ4v) is 5.43. The lowest BCUT2D eigenvalue weighted by atomic mass is 10.2. The van der Waals surface area contributed by atoms with Crippen LogP contribution in [0.1, 0.15) is 143 Å². The second-order valence-corrected chi connectivity index (χ2v) is 15.0. The molecule has 0 rings (SSSR count). The molecule has 360 valence electrons. The van der Waals surface area contributed by atoms with E-state index in [4.69, 9.17) is 14.2 Å². The fourth-order valence-electron chi connectivity index (χ4n) is 5.43. The first kappa shape index (κ1) is 60.2. The molecule has 0 N–H and O–H groups in total. The summed E-state index contributed by atoms with van der Waals surface area (Å²) in [6, 6.07) is 0. The summed E-state index contributed by atoms with van der Waals surface area (Å²) in [5.74, 6) is -1.24. The van der Waals surface area contributed by atoms with Crippen LogP contribution in [-0.2, 0) is 28.6 Å². The Labute approximate surface area is 401 Å². The molecule has 0 amide bonds. The summed E-state index contributed by atoms with van der Waals surface area (Å²) in [5.41, 5.74) is 0. The number of carbonyl (C=O) groups is 3. The Morgan fingerprint density at radius 2 is 0.621 bits per heavy atom. The lowest BCUT2D eigenvalue weighted by molar-refractivity contribution is -0.166. The first-order chi connectivity index (χ1) is 32.5. The molecule has 66 heavy (non-hydrogen) atoms. The third-order valence-electron chi connectivity index (χ3n) is 8.98. The molecule has 0 saturated heterocycles. The molecule has 0 aromatic rings. The van der Waals surface area contributed by atoms with Crippen molar-refractivity contribution >= 4 is 17.9 Å². The van der Waals surface area contributed by atoms with Crippen molar-refractivity contribution in [2.45, 2.75) is 149 Å². The van der Waals surface area contributed by atoms with Crippen LogP contribution in [0.3, 0.4) is 0 Å². The summed E-state index contributed by atoms with van der Waals surface area (Å²) in [5, 5.41) is 0. The van der Waals surface area contributed by atoms with E-state index in [9.17, 15) is 14.4 Å². The predicted octanol–water partition coefficient (Wildman–Crippen LogP) is 16.4. The molecule has 0 bridgehead atoms. The molecular formula is C60H84O6. The van der Waals surface area contributed by atoms with Gasteiger partial charge in [-0.1, -0.05) is 215 Å². The van der Waals surface area contributed by atoms with Crippen molar-refractivity contribution < 1.29 is 28.6 Å². The minimum Gasteiger partial charge on any atom is -0.462 e. The zero-order valence-electron chi connectivity index (χ0n) is 40.9. The molecule has 0 spiro atoms. The Morgan fingerprint density at radius 1 is 0.318 bits per heavy atom. The molecule has 1 atom stereocenters. The molecule has 0 saturated carbocycles. The molecular weight excluding hydrogens is 817 g/mol. The Balaban J connectivity index is 4.76. The van der Waals surface area contributed by atoms with Gasteiger partial charge >= 0.3 is 17.9 Å². The van der Waals surface area contributed by atoms with Crippen molar-refractivity contribution in [1.82, 2.24) is 0 Å². The highest BCUT2D eigenvalue weighted by Crippen LogP contribution is 2.07. The molecule has 0 aromatic heterocycles. The first-order valence-corrected chi connectivity index (χ1v) is 24.5. The molecule has 6 heteroatoms. The molecule has 0 aliphatic heterocycles. The van der Waals surface area contributed by atoms with Gasteiger partial charge in [0.05, 0.1) is 0 Å². The van der Waals surface area contributed by atoms with Gasteiger partial charge in [-0.05, 0) is 103 Å². The van der Waals surface area contributed by atoms with Crippen LogP contribution in [0.15, 0.2) is 194 Å². The molecule has 6 nitrogen and oxygen atoms in total. The monoisotopic (exact) mass is 901 g/mol. The van der Waals surface area contributed by atoms with E-state index in [0.29, 0.717) is 25.7 Å². The van der Waals surface area contributed by atoms with Crippen LogP contribution in [0.25, 0.3) is 0 Å². The average Bonchev–Trinajstić information content (AvgIpc) is 3.31. The van der Waals surface area contributed by atoms with E-state index < -0.39 is 24.0 Å². The number of carbonyl (C=O) groups excluding carboxylic acids is 3. The smallest absolute Gasteiger partial charge is 0.306 e. The third-order valence-corrected chi connectivity index (χ3v) is 8.98. The normalized spacial score (nSPS) is 13.8. The number of unbranched alkanes of at least 4 members (excludes halogenated alkanes) is 1. The van der Waals surface area contributed by atoms with Gasteiger partial charge in [-0.25, -0.2) is 0 Å². The maximum absolute atomic E-state index is 12.7. The van der Waals surface area contributed by atoms with Crippen LogP contribution >= 0.6 is 0 Å². The summed E-state index contributed by atoms with van der Waals surface area (Å²) in [7, 11) is 0. The summed E-state index contributed by atoms with van der Waals surface area (Å²) >= 11 is 0. The van der Waals surface area contributed by atoms with Crippen LogP contribution in [0.2, 0.25) is 0 Å². The minimum atomic E-state index is -0.889. The molecule has 0 heterocycles. The van der Waals surface area contributed by atoms with Crippen molar-refractivity contribution in [3.63, 3.8) is 0 Å². The topological polar surface area (TPSA) is 78.9 Å². The summed E-state index contributed by atoms with van der Waals surface area (Å²) < 4.78 is 16.5. The van der Waals surface area contributed by atoms with Crippen LogP contribution in [0.4, 0.5) is 0 Å². The maximum atomic E-state index is 12.7. The quantitative estimate of drug-likeness (QED) is 0.0200. The van der Waals surface area contributed by atoms with Crippen LogP contribution in [0, 0.1) is 0 Å². The van der Waals surface area contributed by atoms with Crippen molar-refractivity contribution in [3.05, 3.63) is 194 Å². The SMILES string of the molecule is CC\C=C/C=C\C=C/C=C\C=C/CCCC(=O)OCC(COC(=O)CC/C=C\C/C=C\C/C=C\C/C=C\C/C=C\C/C=C\CC)OC(=O)CC/C=C\C/C=C\C/C=C\C/C=C\C/C=C\CC. The molecule has 0 radical (unpaired) electrons. The van der Waals surface area contributed by atoms with E-state index in [1.165, 1.54) is 0 Å². The largest absolute Gasteiger partial charge is 0.462 e. The van der Waals surface area contributed by atoms with E-state index in [-0.39, 0.29) is 32.5 Å².